The third-order valence-corrected chi connectivity index (χ3v) is 5.75. The number of hydrogen-bond acceptors (Lipinski definition) is 7. The standard InChI is InChI=1S/C24H22FN3O4S/c1-14(2)13-32-19-9-6-16(11-20(19)31-3)12-21-23(30)28-24(33-21)26-22(29)18(27-28)10-15-4-7-17(25)8-5-15/h4-9,11-12,14H,10,13H2,1-3H3/b21-12-. The second kappa shape index (κ2) is 9.50. The van der Waals surface area contributed by atoms with Crippen molar-refractivity contribution in [1.82, 2.24) is 14.6 Å². The zero-order chi connectivity index (χ0) is 23.5. The second-order valence-electron chi connectivity index (χ2n) is 7.89. The van der Waals surface area contributed by atoms with E-state index in [0.717, 1.165) is 21.4 Å². The van der Waals surface area contributed by atoms with E-state index in [9.17, 15) is 14.0 Å². The highest BCUT2D eigenvalue weighted by atomic mass is 32.1. The predicted molar refractivity (Wildman–Crippen MR) is 125 cm³/mol. The zero-order valence-electron chi connectivity index (χ0n) is 18.4. The van der Waals surface area contributed by atoms with Gasteiger partial charge in [-0.2, -0.15) is 14.6 Å². The first-order chi connectivity index (χ1) is 15.8. The third kappa shape index (κ3) is 5.09. The van der Waals surface area contributed by atoms with Crippen LogP contribution in [0.2, 0.25) is 0 Å². The smallest absolute Gasteiger partial charge is 0.296 e. The van der Waals surface area contributed by atoms with Crippen LogP contribution in [0.1, 0.15) is 30.7 Å². The van der Waals surface area contributed by atoms with Crippen LogP contribution in [0.3, 0.4) is 0 Å². The lowest BCUT2D eigenvalue weighted by Gasteiger charge is -2.12. The fraction of sp³-hybridized carbons (Fsp3) is 0.250. The molecule has 0 amide bonds. The van der Waals surface area contributed by atoms with E-state index in [4.69, 9.17) is 9.47 Å². The molecule has 33 heavy (non-hydrogen) atoms. The van der Waals surface area contributed by atoms with Crippen molar-refractivity contribution in [3.63, 3.8) is 0 Å². The van der Waals surface area contributed by atoms with Gasteiger partial charge in [-0.1, -0.05) is 43.4 Å². The summed E-state index contributed by atoms with van der Waals surface area (Å²) < 4.78 is 25.8. The molecule has 0 unspecified atom stereocenters. The van der Waals surface area contributed by atoms with Gasteiger partial charge in [0.15, 0.2) is 11.5 Å². The molecule has 0 radical (unpaired) electrons. The Morgan fingerprint density at radius 2 is 1.88 bits per heavy atom. The van der Waals surface area contributed by atoms with Gasteiger partial charge in [0.25, 0.3) is 11.1 Å². The van der Waals surface area contributed by atoms with Crippen molar-refractivity contribution in [1.29, 1.82) is 0 Å². The summed E-state index contributed by atoms with van der Waals surface area (Å²) in [5, 5.41) is 4.22. The molecule has 0 aliphatic heterocycles. The molecule has 9 heteroatoms. The number of benzene rings is 2. The van der Waals surface area contributed by atoms with Gasteiger partial charge in [-0.15, -0.1) is 0 Å². The lowest BCUT2D eigenvalue weighted by Crippen LogP contribution is -2.28. The Labute approximate surface area is 192 Å². The number of nitrogens with zero attached hydrogens (tertiary/aromatic N) is 3. The third-order valence-electron chi connectivity index (χ3n) is 4.79. The average Bonchev–Trinajstić information content (AvgIpc) is 3.08. The topological polar surface area (TPSA) is 82.8 Å². The van der Waals surface area contributed by atoms with Gasteiger partial charge in [0.1, 0.15) is 11.5 Å². The number of aromatic nitrogens is 3. The van der Waals surface area contributed by atoms with Gasteiger partial charge in [-0.3, -0.25) is 9.59 Å². The van der Waals surface area contributed by atoms with Gasteiger partial charge >= 0.3 is 0 Å². The van der Waals surface area contributed by atoms with E-state index in [1.165, 1.54) is 12.1 Å². The fourth-order valence-corrected chi connectivity index (χ4v) is 4.05. The van der Waals surface area contributed by atoms with Gasteiger partial charge in [-0.05, 0) is 47.4 Å². The van der Waals surface area contributed by atoms with E-state index in [-0.39, 0.29) is 28.5 Å². The summed E-state index contributed by atoms with van der Waals surface area (Å²) in [6.07, 6.45) is 1.85. The Balaban J connectivity index is 1.70. The fourth-order valence-electron chi connectivity index (χ4n) is 3.15. The zero-order valence-corrected chi connectivity index (χ0v) is 19.2. The molecule has 0 fully saturated rings. The molecule has 0 spiro atoms. The minimum absolute atomic E-state index is 0.119. The molecule has 2 heterocycles. The van der Waals surface area contributed by atoms with Crippen LogP contribution in [0.25, 0.3) is 11.0 Å². The Bertz CT molecular complexity index is 1460. The first-order valence-electron chi connectivity index (χ1n) is 10.3. The molecule has 0 saturated carbocycles. The van der Waals surface area contributed by atoms with Crippen LogP contribution in [0.5, 0.6) is 11.5 Å². The van der Waals surface area contributed by atoms with Gasteiger partial charge < -0.3 is 9.47 Å². The highest BCUT2D eigenvalue weighted by molar-refractivity contribution is 7.15. The highest BCUT2D eigenvalue weighted by Gasteiger charge is 2.12. The van der Waals surface area contributed by atoms with E-state index in [2.05, 4.69) is 23.9 Å². The van der Waals surface area contributed by atoms with Crippen molar-refractivity contribution < 1.29 is 13.9 Å². The van der Waals surface area contributed by atoms with Crippen LogP contribution in [-0.4, -0.2) is 28.3 Å². The summed E-state index contributed by atoms with van der Waals surface area (Å²) in [7, 11) is 1.56. The Morgan fingerprint density at radius 1 is 1.12 bits per heavy atom. The number of methoxy groups -OCH3 is 1. The minimum Gasteiger partial charge on any atom is -0.493 e. The van der Waals surface area contributed by atoms with Gasteiger partial charge in [0.05, 0.1) is 18.2 Å². The predicted octanol–water partition coefficient (Wildman–Crippen LogP) is 2.83. The highest BCUT2D eigenvalue weighted by Crippen LogP contribution is 2.28. The Kier molecular flexibility index (Phi) is 6.50. The van der Waals surface area contributed by atoms with Crippen molar-refractivity contribution in [2.45, 2.75) is 20.3 Å². The number of halogens is 1. The van der Waals surface area contributed by atoms with E-state index in [1.807, 2.05) is 6.07 Å². The number of fused-ring (bicyclic) bond motifs is 1. The molecule has 4 rings (SSSR count). The maximum Gasteiger partial charge on any atom is 0.296 e. The quantitative estimate of drug-likeness (QED) is 0.416. The van der Waals surface area contributed by atoms with Crippen LogP contribution in [0, 0.1) is 11.7 Å². The number of ether oxygens (including phenoxy) is 2. The monoisotopic (exact) mass is 467 g/mol. The van der Waals surface area contributed by atoms with Gasteiger partial charge in [0, 0.05) is 6.42 Å². The molecule has 0 atom stereocenters. The molecule has 170 valence electrons. The second-order valence-corrected chi connectivity index (χ2v) is 8.90. The average molecular weight is 468 g/mol. The molecule has 7 nitrogen and oxygen atoms in total. The summed E-state index contributed by atoms with van der Waals surface area (Å²) in [6.45, 7) is 4.68. The SMILES string of the molecule is COc1cc(/C=c2\sc3nc(=O)c(Cc4ccc(F)cc4)nn3c2=O)ccc1OCC(C)C. The lowest BCUT2D eigenvalue weighted by molar-refractivity contribution is 0.257. The Hall–Kier alpha value is -3.59. The van der Waals surface area contributed by atoms with E-state index in [0.29, 0.717) is 34.1 Å². The molecule has 0 N–H and O–H groups in total. The Morgan fingerprint density at radius 3 is 2.58 bits per heavy atom. The summed E-state index contributed by atoms with van der Waals surface area (Å²) in [4.78, 5) is 29.6. The minimum atomic E-state index is -0.513. The molecular formula is C24H22FN3O4S. The first kappa shape index (κ1) is 22.6. The molecule has 2 aromatic carbocycles. The van der Waals surface area contributed by atoms with E-state index >= 15 is 0 Å². The van der Waals surface area contributed by atoms with Crippen LogP contribution >= 0.6 is 11.3 Å². The summed E-state index contributed by atoms with van der Waals surface area (Å²) >= 11 is 1.08. The molecule has 0 saturated heterocycles. The normalized spacial score (nSPS) is 12.0. The largest absolute Gasteiger partial charge is 0.493 e. The van der Waals surface area contributed by atoms with Crippen molar-refractivity contribution in [3.05, 3.63) is 90.3 Å². The van der Waals surface area contributed by atoms with Crippen molar-refractivity contribution in [2.75, 3.05) is 13.7 Å². The number of rotatable bonds is 7. The van der Waals surface area contributed by atoms with Crippen molar-refractivity contribution >= 4 is 22.4 Å². The number of thiazole rings is 1. The molecule has 0 aliphatic rings. The van der Waals surface area contributed by atoms with Crippen LogP contribution < -0.4 is 25.1 Å². The molecule has 0 aliphatic carbocycles. The molecule has 4 aromatic rings. The van der Waals surface area contributed by atoms with Gasteiger partial charge in [0.2, 0.25) is 4.96 Å². The van der Waals surface area contributed by atoms with Crippen molar-refractivity contribution in [3.8, 4) is 11.5 Å². The lowest BCUT2D eigenvalue weighted by atomic mass is 10.1. The molecular weight excluding hydrogens is 445 g/mol. The summed E-state index contributed by atoms with van der Waals surface area (Å²) in [5.74, 6) is 1.19. The molecule has 2 aromatic heterocycles. The van der Waals surface area contributed by atoms with Gasteiger partial charge in [-0.25, -0.2) is 4.39 Å². The summed E-state index contributed by atoms with van der Waals surface area (Å²) in [5.41, 5.74) is 0.669. The van der Waals surface area contributed by atoms with Crippen molar-refractivity contribution in [2.24, 2.45) is 5.92 Å². The van der Waals surface area contributed by atoms with E-state index < -0.39 is 5.56 Å². The van der Waals surface area contributed by atoms with E-state index in [1.54, 1.807) is 37.5 Å². The first-order valence-corrected chi connectivity index (χ1v) is 11.2. The number of hydrogen-bond donors (Lipinski definition) is 0. The summed E-state index contributed by atoms with van der Waals surface area (Å²) in [6, 6.07) is 11.2. The van der Waals surface area contributed by atoms with Crippen LogP contribution in [0.4, 0.5) is 4.39 Å². The maximum atomic E-state index is 13.1. The maximum absolute atomic E-state index is 13.1. The van der Waals surface area contributed by atoms with Crippen LogP contribution in [-0.2, 0) is 6.42 Å². The molecule has 0 bridgehead atoms. The van der Waals surface area contributed by atoms with Crippen LogP contribution in [0.15, 0.2) is 52.1 Å².